The van der Waals surface area contributed by atoms with Gasteiger partial charge in [0.05, 0.1) is 4.90 Å². The summed E-state index contributed by atoms with van der Waals surface area (Å²) >= 11 is 1.47. The van der Waals surface area contributed by atoms with Crippen molar-refractivity contribution in [2.75, 3.05) is 5.32 Å². The zero-order chi connectivity index (χ0) is 17.0. The largest absolute Gasteiger partial charge is 0.321 e. The van der Waals surface area contributed by atoms with E-state index in [2.05, 4.69) is 5.32 Å². The highest BCUT2D eigenvalue weighted by molar-refractivity contribution is 7.89. The van der Waals surface area contributed by atoms with E-state index in [0.717, 1.165) is 9.75 Å². The van der Waals surface area contributed by atoms with Crippen LogP contribution in [-0.4, -0.2) is 14.3 Å². The van der Waals surface area contributed by atoms with Crippen LogP contribution in [0.1, 0.15) is 9.75 Å². The second-order valence-corrected chi connectivity index (χ2v) is 7.52. The summed E-state index contributed by atoms with van der Waals surface area (Å²) in [6, 6.07) is 10.9. The van der Waals surface area contributed by atoms with Gasteiger partial charge in [0.2, 0.25) is 10.0 Å². The Morgan fingerprint density at radius 2 is 1.91 bits per heavy atom. The number of anilines is 1. The number of sulfonamides is 1. The summed E-state index contributed by atoms with van der Waals surface area (Å²) in [4.78, 5) is 13.9. The number of nitrogens with zero attached hydrogens (tertiary/aromatic N) is 1. The SMILES string of the molecule is Cc1ccc(C=C(C#N)C(=O)Nc2ccc(S(N)(=O)=O)cc2)s1. The first-order chi connectivity index (χ1) is 10.8. The maximum absolute atomic E-state index is 12.1. The molecule has 0 bridgehead atoms. The van der Waals surface area contributed by atoms with Crippen LogP contribution in [0, 0.1) is 18.3 Å². The number of primary sulfonamides is 1. The average molecular weight is 347 g/mol. The second-order valence-electron chi connectivity index (χ2n) is 4.64. The summed E-state index contributed by atoms with van der Waals surface area (Å²) in [6.07, 6.45) is 1.51. The molecule has 0 unspecified atom stereocenters. The van der Waals surface area contributed by atoms with Gasteiger partial charge in [-0.05, 0) is 49.4 Å². The molecule has 1 amide bonds. The maximum atomic E-state index is 12.1. The summed E-state index contributed by atoms with van der Waals surface area (Å²) in [5, 5.41) is 16.7. The minimum absolute atomic E-state index is 0.0395. The molecular formula is C15H13N3O3S2. The van der Waals surface area contributed by atoms with E-state index in [1.807, 2.05) is 25.1 Å². The van der Waals surface area contributed by atoms with Gasteiger partial charge < -0.3 is 5.32 Å². The fourth-order valence-corrected chi connectivity index (χ4v) is 3.08. The fourth-order valence-electron chi connectivity index (χ4n) is 1.75. The molecule has 0 aliphatic heterocycles. The summed E-state index contributed by atoms with van der Waals surface area (Å²) in [5.74, 6) is -0.568. The van der Waals surface area contributed by atoms with Gasteiger partial charge in [-0.25, -0.2) is 13.6 Å². The standard InChI is InChI=1S/C15H13N3O3S2/c1-10-2-5-13(22-10)8-11(9-16)15(19)18-12-3-6-14(7-4-12)23(17,20)21/h2-8H,1H3,(H,18,19)(H2,17,20,21). The van der Waals surface area contributed by atoms with Gasteiger partial charge in [-0.3, -0.25) is 4.79 Å². The van der Waals surface area contributed by atoms with Crippen molar-refractivity contribution < 1.29 is 13.2 Å². The third kappa shape index (κ3) is 4.50. The Balaban J connectivity index is 2.17. The molecule has 0 spiro atoms. The van der Waals surface area contributed by atoms with Gasteiger partial charge in [-0.1, -0.05) is 0 Å². The van der Waals surface area contributed by atoms with Crippen LogP contribution in [0.3, 0.4) is 0 Å². The molecule has 6 nitrogen and oxygen atoms in total. The Hall–Kier alpha value is -2.47. The predicted molar refractivity (Wildman–Crippen MR) is 89.1 cm³/mol. The summed E-state index contributed by atoms with van der Waals surface area (Å²) < 4.78 is 22.3. The van der Waals surface area contributed by atoms with E-state index in [4.69, 9.17) is 10.4 Å². The first kappa shape index (κ1) is 16.9. The van der Waals surface area contributed by atoms with Crippen molar-refractivity contribution in [2.45, 2.75) is 11.8 Å². The van der Waals surface area contributed by atoms with Gasteiger partial charge in [0, 0.05) is 15.4 Å². The molecule has 2 rings (SSSR count). The molecule has 2 aromatic rings. The molecule has 0 saturated carbocycles. The average Bonchev–Trinajstić information content (AvgIpc) is 2.89. The van der Waals surface area contributed by atoms with Crippen molar-refractivity contribution in [1.82, 2.24) is 0 Å². The molecule has 3 N–H and O–H groups in total. The van der Waals surface area contributed by atoms with Gasteiger partial charge in [-0.15, -0.1) is 11.3 Å². The number of aryl methyl sites for hydroxylation is 1. The number of rotatable bonds is 4. The number of hydrogen-bond acceptors (Lipinski definition) is 5. The van der Waals surface area contributed by atoms with E-state index in [0.29, 0.717) is 5.69 Å². The molecule has 118 valence electrons. The normalized spacial score (nSPS) is 11.8. The third-order valence-electron chi connectivity index (χ3n) is 2.85. The highest BCUT2D eigenvalue weighted by Crippen LogP contribution is 2.19. The number of carbonyl (C=O) groups is 1. The minimum atomic E-state index is -3.78. The van der Waals surface area contributed by atoms with Gasteiger partial charge in [0.15, 0.2) is 0 Å². The first-order valence-corrected chi connectivity index (χ1v) is 8.78. The van der Waals surface area contributed by atoms with Crippen molar-refractivity contribution >= 4 is 39.0 Å². The number of thiophene rings is 1. The van der Waals surface area contributed by atoms with Crippen LogP contribution < -0.4 is 10.5 Å². The number of carbonyl (C=O) groups excluding carboxylic acids is 1. The first-order valence-electron chi connectivity index (χ1n) is 6.42. The predicted octanol–water partition coefficient (Wildman–Crippen LogP) is 2.25. The lowest BCUT2D eigenvalue weighted by atomic mass is 10.2. The second kappa shape index (κ2) is 6.75. The Bertz CT molecular complexity index is 904. The monoisotopic (exact) mass is 347 g/mol. The third-order valence-corrected chi connectivity index (χ3v) is 4.73. The quantitative estimate of drug-likeness (QED) is 0.652. The molecule has 1 aromatic heterocycles. The lowest BCUT2D eigenvalue weighted by molar-refractivity contribution is -0.112. The number of nitrogens with one attached hydrogen (secondary N) is 1. The Morgan fingerprint density at radius 1 is 1.26 bits per heavy atom. The molecule has 0 radical (unpaired) electrons. The Morgan fingerprint density at radius 3 is 2.39 bits per heavy atom. The molecular weight excluding hydrogens is 334 g/mol. The number of nitrogens with two attached hydrogens (primary N) is 1. The van der Waals surface area contributed by atoms with E-state index < -0.39 is 15.9 Å². The number of amides is 1. The van der Waals surface area contributed by atoms with Crippen molar-refractivity contribution in [1.29, 1.82) is 5.26 Å². The van der Waals surface area contributed by atoms with Crippen molar-refractivity contribution in [2.24, 2.45) is 5.14 Å². The minimum Gasteiger partial charge on any atom is -0.321 e. The highest BCUT2D eigenvalue weighted by atomic mass is 32.2. The number of hydrogen-bond donors (Lipinski definition) is 2. The zero-order valence-electron chi connectivity index (χ0n) is 12.1. The molecule has 0 aliphatic rings. The zero-order valence-corrected chi connectivity index (χ0v) is 13.7. The van der Waals surface area contributed by atoms with Crippen molar-refractivity contribution in [3.63, 3.8) is 0 Å². The molecule has 1 aromatic carbocycles. The van der Waals surface area contributed by atoms with E-state index in [1.54, 1.807) is 0 Å². The summed E-state index contributed by atoms with van der Waals surface area (Å²) in [6.45, 7) is 1.93. The van der Waals surface area contributed by atoms with E-state index >= 15 is 0 Å². The lowest BCUT2D eigenvalue weighted by Crippen LogP contribution is -2.14. The van der Waals surface area contributed by atoms with Crippen molar-refractivity contribution in [3.8, 4) is 6.07 Å². The van der Waals surface area contributed by atoms with Crippen LogP contribution >= 0.6 is 11.3 Å². The fraction of sp³-hybridized carbons (Fsp3) is 0.0667. The number of benzene rings is 1. The maximum Gasteiger partial charge on any atom is 0.266 e. The van der Waals surface area contributed by atoms with Crippen molar-refractivity contribution in [3.05, 3.63) is 51.7 Å². The summed E-state index contributed by atoms with van der Waals surface area (Å²) in [5.41, 5.74) is 0.327. The highest BCUT2D eigenvalue weighted by Gasteiger charge is 2.11. The van der Waals surface area contributed by atoms with E-state index in [-0.39, 0.29) is 10.5 Å². The Labute approximate surface area is 137 Å². The van der Waals surface area contributed by atoms with E-state index in [9.17, 15) is 13.2 Å². The van der Waals surface area contributed by atoms with Gasteiger partial charge in [0.1, 0.15) is 11.6 Å². The van der Waals surface area contributed by atoms with Crippen LogP contribution in [0.25, 0.3) is 6.08 Å². The molecule has 0 saturated heterocycles. The smallest absolute Gasteiger partial charge is 0.266 e. The molecule has 1 heterocycles. The molecule has 23 heavy (non-hydrogen) atoms. The topological polar surface area (TPSA) is 113 Å². The van der Waals surface area contributed by atoms with Crippen LogP contribution in [-0.2, 0) is 14.8 Å². The van der Waals surface area contributed by atoms with Gasteiger partial charge in [0.25, 0.3) is 5.91 Å². The van der Waals surface area contributed by atoms with Crippen LogP contribution in [0.5, 0.6) is 0 Å². The van der Waals surface area contributed by atoms with Gasteiger partial charge >= 0.3 is 0 Å². The van der Waals surface area contributed by atoms with Crippen LogP contribution in [0.4, 0.5) is 5.69 Å². The lowest BCUT2D eigenvalue weighted by Gasteiger charge is -2.05. The Kier molecular flexibility index (Phi) is 4.95. The van der Waals surface area contributed by atoms with Crippen LogP contribution in [0.2, 0.25) is 0 Å². The molecule has 0 fully saturated rings. The molecule has 8 heteroatoms. The van der Waals surface area contributed by atoms with Crippen LogP contribution in [0.15, 0.2) is 46.9 Å². The van der Waals surface area contributed by atoms with E-state index in [1.165, 1.54) is 41.7 Å². The molecule has 0 atom stereocenters. The van der Waals surface area contributed by atoms with Gasteiger partial charge in [-0.2, -0.15) is 5.26 Å². The number of nitriles is 1. The molecule has 0 aliphatic carbocycles. The summed E-state index contributed by atoms with van der Waals surface area (Å²) in [7, 11) is -3.78.